The third-order valence-electron chi connectivity index (χ3n) is 6.00. The molecule has 2 aromatic rings. The van der Waals surface area contributed by atoms with Crippen molar-refractivity contribution in [3.05, 3.63) is 40.3 Å². The molecule has 7 nitrogen and oxygen atoms in total. The molecule has 8 heteroatoms. The molecule has 0 aliphatic carbocycles. The molecule has 1 aromatic carbocycles. The molecule has 2 fully saturated rings. The van der Waals surface area contributed by atoms with Crippen LogP contribution in [0.15, 0.2) is 24.3 Å². The highest BCUT2D eigenvalue weighted by Gasteiger charge is 2.55. The van der Waals surface area contributed by atoms with E-state index < -0.39 is 41.9 Å². The summed E-state index contributed by atoms with van der Waals surface area (Å²) in [6.45, 7) is 5.80. The quantitative estimate of drug-likeness (QED) is 0.654. The van der Waals surface area contributed by atoms with Gasteiger partial charge in [0.15, 0.2) is 0 Å². The number of carbonyl (C=O) groups is 3. The van der Waals surface area contributed by atoms with Crippen LogP contribution in [0.25, 0.3) is 11.1 Å². The van der Waals surface area contributed by atoms with E-state index in [1.807, 2.05) is 38.1 Å². The lowest BCUT2D eigenvalue weighted by atomic mass is 9.78. The molecular formula is C23H25NO6S. The van der Waals surface area contributed by atoms with E-state index in [0.717, 1.165) is 21.6 Å². The number of aryl methyl sites for hydroxylation is 2. The molecule has 4 rings (SSSR count). The lowest BCUT2D eigenvalue weighted by molar-refractivity contribution is -0.147. The minimum absolute atomic E-state index is 0.204. The molecule has 1 amide bonds. The van der Waals surface area contributed by atoms with Crippen molar-refractivity contribution in [1.82, 2.24) is 0 Å². The van der Waals surface area contributed by atoms with Crippen LogP contribution in [0.5, 0.6) is 0 Å². The number of esters is 1. The van der Waals surface area contributed by atoms with Gasteiger partial charge >= 0.3 is 11.9 Å². The maximum absolute atomic E-state index is 13.2. The number of fused-ring (bicyclic) bond motifs is 2. The van der Waals surface area contributed by atoms with Crippen molar-refractivity contribution < 1.29 is 29.0 Å². The first-order valence-corrected chi connectivity index (χ1v) is 11.2. The van der Waals surface area contributed by atoms with Crippen LogP contribution in [0.4, 0.5) is 5.00 Å². The van der Waals surface area contributed by atoms with Crippen LogP contribution < -0.4 is 5.32 Å². The Morgan fingerprint density at radius 2 is 1.77 bits per heavy atom. The van der Waals surface area contributed by atoms with Crippen LogP contribution in [0, 0.1) is 25.7 Å². The Labute approximate surface area is 184 Å². The number of rotatable bonds is 6. The van der Waals surface area contributed by atoms with Crippen LogP contribution in [0.1, 0.15) is 40.6 Å². The highest BCUT2D eigenvalue weighted by Crippen LogP contribution is 2.45. The Hall–Kier alpha value is -2.71. The second kappa shape index (κ2) is 8.43. The number of ether oxygens (including phenoxy) is 2. The molecule has 2 N–H and O–H groups in total. The lowest BCUT2D eigenvalue weighted by Gasteiger charge is -2.23. The molecule has 4 atom stereocenters. The molecular weight excluding hydrogens is 418 g/mol. The second-order valence-corrected chi connectivity index (χ2v) is 9.22. The van der Waals surface area contributed by atoms with E-state index in [2.05, 4.69) is 5.32 Å². The van der Waals surface area contributed by atoms with Gasteiger partial charge in [-0.1, -0.05) is 29.8 Å². The van der Waals surface area contributed by atoms with Gasteiger partial charge in [-0.3, -0.25) is 9.59 Å². The van der Waals surface area contributed by atoms with Gasteiger partial charge in [0.1, 0.15) is 10.6 Å². The maximum atomic E-state index is 13.2. The number of nitrogens with one attached hydrogen (secondary N) is 1. The van der Waals surface area contributed by atoms with E-state index in [4.69, 9.17) is 9.47 Å². The number of amides is 1. The summed E-state index contributed by atoms with van der Waals surface area (Å²) in [5, 5.41) is 12.8. The Bertz CT molecular complexity index is 1030. The third-order valence-corrected chi connectivity index (χ3v) is 7.02. The first-order valence-electron chi connectivity index (χ1n) is 10.4. The minimum Gasteiger partial charge on any atom is -0.481 e. The number of thiophene rings is 1. The van der Waals surface area contributed by atoms with Crippen molar-refractivity contribution in [2.24, 2.45) is 11.8 Å². The Morgan fingerprint density at radius 1 is 1.13 bits per heavy atom. The van der Waals surface area contributed by atoms with Gasteiger partial charge in [-0.25, -0.2) is 4.79 Å². The number of hydrogen-bond donors (Lipinski definition) is 2. The van der Waals surface area contributed by atoms with Gasteiger partial charge in [0.05, 0.1) is 30.7 Å². The zero-order valence-corrected chi connectivity index (χ0v) is 18.5. The monoisotopic (exact) mass is 443 g/mol. The lowest BCUT2D eigenvalue weighted by Crippen LogP contribution is -2.41. The van der Waals surface area contributed by atoms with E-state index in [0.29, 0.717) is 23.4 Å². The van der Waals surface area contributed by atoms with E-state index >= 15 is 0 Å². The summed E-state index contributed by atoms with van der Waals surface area (Å²) >= 11 is 1.29. The average Bonchev–Trinajstić information content (AvgIpc) is 3.41. The zero-order valence-electron chi connectivity index (χ0n) is 17.6. The molecule has 0 saturated carbocycles. The molecule has 0 radical (unpaired) electrons. The van der Waals surface area contributed by atoms with Crippen LogP contribution in [-0.4, -0.2) is 41.8 Å². The summed E-state index contributed by atoms with van der Waals surface area (Å²) in [6.07, 6.45) is 0.468. The molecule has 31 heavy (non-hydrogen) atoms. The van der Waals surface area contributed by atoms with Crippen molar-refractivity contribution in [3.8, 4) is 11.1 Å². The Balaban J connectivity index is 1.70. The number of carboxylic acids is 1. The fourth-order valence-electron chi connectivity index (χ4n) is 4.62. The molecule has 2 bridgehead atoms. The van der Waals surface area contributed by atoms with E-state index in [1.54, 1.807) is 6.92 Å². The van der Waals surface area contributed by atoms with Crippen LogP contribution in [0.2, 0.25) is 0 Å². The second-order valence-electron chi connectivity index (χ2n) is 7.99. The number of benzene rings is 1. The van der Waals surface area contributed by atoms with Gasteiger partial charge in [-0.05, 0) is 39.2 Å². The smallest absolute Gasteiger partial charge is 0.341 e. The summed E-state index contributed by atoms with van der Waals surface area (Å²) < 4.78 is 11.0. The van der Waals surface area contributed by atoms with Crippen LogP contribution in [0.3, 0.4) is 0 Å². The molecule has 2 aliphatic heterocycles. The zero-order chi connectivity index (χ0) is 22.3. The predicted octanol–water partition coefficient (Wildman–Crippen LogP) is 4.03. The molecule has 0 unspecified atom stereocenters. The normalized spacial score (nSPS) is 24.2. The summed E-state index contributed by atoms with van der Waals surface area (Å²) in [5.74, 6) is -3.63. The van der Waals surface area contributed by atoms with Crippen molar-refractivity contribution in [2.45, 2.75) is 45.8 Å². The van der Waals surface area contributed by atoms with Gasteiger partial charge in [0.2, 0.25) is 5.91 Å². The standard InChI is InChI=1S/C23H25NO6S/c1-4-29-23(28)19-16(13-7-5-11(2)6-8-13)12(3)31-21(19)24-20(25)17-14-9-10-15(30-14)18(17)22(26)27/h5-8,14-15,17-18H,4,9-10H2,1-3H3,(H,24,25)(H,26,27)/t14-,15-,17+,18-/m1/s1. The Kier molecular flexibility index (Phi) is 5.85. The van der Waals surface area contributed by atoms with Crippen molar-refractivity contribution in [2.75, 3.05) is 11.9 Å². The first kappa shape index (κ1) is 21.5. The number of carboxylic acid groups (broad SMARTS) is 1. The van der Waals surface area contributed by atoms with Gasteiger partial charge in [0.25, 0.3) is 0 Å². The van der Waals surface area contributed by atoms with E-state index in [9.17, 15) is 19.5 Å². The first-order chi connectivity index (χ1) is 14.8. The summed E-state index contributed by atoms with van der Waals surface area (Å²) in [5.41, 5.74) is 2.98. The molecule has 2 saturated heterocycles. The highest BCUT2D eigenvalue weighted by atomic mass is 32.1. The number of hydrogen-bond acceptors (Lipinski definition) is 6. The minimum atomic E-state index is -1.03. The SMILES string of the molecule is CCOC(=O)c1c(NC(=O)[C@@H]2[C@H](C(=O)O)[C@H]3CC[C@H]2O3)sc(C)c1-c1ccc(C)cc1. The number of anilines is 1. The van der Waals surface area contributed by atoms with Crippen LogP contribution in [-0.2, 0) is 19.1 Å². The summed E-state index contributed by atoms with van der Waals surface area (Å²) in [4.78, 5) is 38.6. The molecule has 164 valence electrons. The molecule has 2 aliphatic rings. The van der Waals surface area contributed by atoms with E-state index in [-0.39, 0.29) is 6.61 Å². The van der Waals surface area contributed by atoms with Gasteiger partial charge in [-0.15, -0.1) is 11.3 Å². The maximum Gasteiger partial charge on any atom is 0.341 e. The highest BCUT2D eigenvalue weighted by molar-refractivity contribution is 7.17. The molecule has 3 heterocycles. The van der Waals surface area contributed by atoms with Crippen molar-refractivity contribution in [3.63, 3.8) is 0 Å². The van der Waals surface area contributed by atoms with Gasteiger partial charge in [-0.2, -0.15) is 0 Å². The fourth-order valence-corrected chi connectivity index (χ4v) is 5.69. The fraction of sp³-hybridized carbons (Fsp3) is 0.435. The number of aliphatic carboxylic acids is 1. The van der Waals surface area contributed by atoms with Crippen molar-refractivity contribution >= 4 is 34.2 Å². The summed E-state index contributed by atoms with van der Waals surface area (Å²) in [7, 11) is 0. The van der Waals surface area contributed by atoms with Crippen molar-refractivity contribution in [1.29, 1.82) is 0 Å². The topological polar surface area (TPSA) is 102 Å². The molecule has 0 spiro atoms. The molecule has 1 aromatic heterocycles. The predicted molar refractivity (Wildman–Crippen MR) is 116 cm³/mol. The van der Waals surface area contributed by atoms with E-state index in [1.165, 1.54) is 11.3 Å². The number of carbonyl (C=O) groups excluding carboxylic acids is 2. The third kappa shape index (κ3) is 3.85. The average molecular weight is 444 g/mol. The van der Waals surface area contributed by atoms with Crippen LogP contribution >= 0.6 is 11.3 Å². The van der Waals surface area contributed by atoms with Gasteiger partial charge < -0.3 is 19.9 Å². The largest absolute Gasteiger partial charge is 0.481 e. The summed E-state index contributed by atoms with van der Waals surface area (Å²) in [6, 6.07) is 7.79. The van der Waals surface area contributed by atoms with Gasteiger partial charge in [0, 0.05) is 10.4 Å². The Morgan fingerprint density at radius 3 is 2.39 bits per heavy atom.